The number of hydrogen-bond donors (Lipinski definition) is 5. The Labute approximate surface area is 93.9 Å². The van der Waals surface area contributed by atoms with E-state index in [2.05, 4.69) is 4.89 Å². The number of carbonyl (C=O) groups excluding carboxylic acids is 1. The van der Waals surface area contributed by atoms with Gasteiger partial charge in [0.2, 0.25) is 0 Å². The molecule has 0 fully saturated rings. The van der Waals surface area contributed by atoms with Gasteiger partial charge in [0.25, 0.3) is 0 Å². The summed E-state index contributed by atoms with van der Waals surface area (Å²) in [5.74, 6) is -6.25. The van der Waals surface area contributed by atoms with Crippen LogP contribution in [0.5, 0.6) is 17.2 Å². The van der Waals surface area contributed by atoms with E-state index < -0.39 is 40.3 Å². The molecular weight excluding hydrogens is 236 g/mol. The van der Waals surface area contributed by atoms with E-state index in [0.29, 0.717) is 0 Å². The Morgan fingerprint density at radius 1 is 1.00 bits per heavy atom. The maximum atomic E-state index is 11.1. The van der Waals surface area contributed by atoms with Gasteiger partial charge in [-0.15, -0.1) is 0 Å². The lowest BCUT2D eigenvalue weighted by atomic mass is 10.0. The number of carboxylic acids is 1. The van der Waals surface area contributed by atoms with Crippen LogP contribution in [0, 0.1) is 6.92 Å². The summed E-state index contributed by atoms with van der Waals surface area (Å²) in [4.78, 5) is 25.2. The first-order chi connectivity index (χ1) is 7.82. The third-order valence-corrected chi connectivity index (χ3v) is 2.16. The van der Waals surface area contributed by atoms with E-state index in [0.717, 1.165) is 6.92 Å². The molecule has 0 bridgehead atoms. The molecule has 0 aromatic heterocycles. The van der Waals surface area contributed by atoms with E-state index in [1.54, 1.807) is 0 Å². The number of phenols is 3. The van der Waals surface area contributed by atoms with Crippen molar-refractivity contribution >= 4 is 11.9 Å². The second-order valence-electron chi connectivity index (χ2n) is 3.10. The summed E-state index contributed by atoms with van der Waals surface area (Å²) in [6, 6.07) is 0. The SMILES string of the molecule is Cc1c(O)c(O)c(C(=O)OO)c(C(=O)O)c1O. The Morgan fingerprint density at radius 2 is 1.53 bits per heavy atom. The maximum absolute atomic E-state index is 11.1. The van der Waals surface area contributed by atoms with Gasteiger partial charge in [-0.3, -0.25) is 4.89 Å². The van der Waals surface area contributed by atoms with Crippen LogP contribution in [0.2, 0.25) is 0 Å². The molecule has 0 atom stereocenters. The van der Waals surface area contributed by atoms with Gasteiger partial charge >= 0.3 is 11.9 Å². The van der Waals surface area contributed by atoms with Crippen molar-refractivity contribution in [3.05, 3.63) is 16.7 Å². The van der Waals surface area contributed by atoms with Crippen LogP contribution < -0.4 is 0 Å². The second-order valence-corrected chi connectivity index (χ2v) is 3.10. The predicted molar refractivity (Wildman–Crippen MR) is 51.2 cm³/mol. The summed E-state index contributed by atoms with van der Waals surface area (Å²) in [5.41, 5.74) is -2.34. The van der Waals surface area contributed by atoms with Crippen LogP contribution in [0.4, 0.5) is 0 Å². The number of aromatic carboxylic acids is 1. The molecule has 0 saturated carbocycles. The normalized spacial score (nSPS) is 10.0. The Morgan fingerprint density at radius 3 is 1.94 bits per heavy atom. The first-order valence-electron chi connectivity index (χ1n) is 4.19. The minimum absolute atomic E-state index is 0.325. The quantitative estimate of drug-likeness (QED) is 0.218. The highest BCUT2D eigenvalue weighted by Crippen LogP contribution is 2.41. The van der Waals surface area contributed by atoms with Crippen molar-refractivity contribution in [1.82, 2.24) is 0 Å². The van der Waals surface area contributed by atoms with Gasteiger partial charge < -0.3 is 20.4 Å². The molecule has 0 heterocycles. The zero-order chi connectivity index (χ0) is 13.3. The highest BCUT2D eigenvalue weighted by atomic mass is 17.1. The number of benzene rings is 1. The van der Waals surface area contributed by atoms with Gasteiger partial charge in [-0.05, 0) is 6.92 Å². The molecule has 0 aliphatic rings. The zero-order valence-corrected chi connectivity index (χ0v) is 8.46. The van der Waals surface area contributed by atoms with Gasteiger partial charge in [-0.25, -0.2) is 9.59 Å². The number of carbonyl (C=O) groups is 2. The molecule has 1 aromatic carbocycles. The average molecular weight is 244 g/mol. The molecule has 0 spiro atoms. The van der Waals surface area contributed by atoms with Gasteiger partial charge in [0.1, 0.15) is 16.9 Å². The van der Waals surface area contributed by atoms with Gasteiger partial charge in [-0.1, -0.05) is 0 Å². The van der Waals surface area contributed by atoms with E-state index in [9.17, 15) is 24.9 Å². The molecule has 0 aliphatic carbocycles. The first-order valence-corrected chi connectivity index (χ1v) is 4.19. The number of carboxylic acid groups (broad SMARTS) is 1. The van der Waals surface area contributed by atoms with Gasteiger partial charge in [-0.2, -0.15) is 5.26 Å². The van der Waals surface area contributed by atoms with Crippen LogP contribution in [-0.2, 0) is 4.89 Å². The molecule has 0 amide bonds. The Balaban J connectivity index is 3.78. The molecule has 92 valence electrons. The fourth-order valence-corrected chi connectivity index (χ4v) is 1.29. The number of rotatable bonds is 2. The summed E-state index contributed by atoms with van der Waals surface area (Å²) < 4.78 is 0. The number of aromatic hydroxyl groups is 3. The number of hydrogen-bond acceptors (Lipinski definition) is 7. The lowest BCUT2D eigenvalue weighted by molar-refractivity contribution is -0.183. The third kappa shape index (κ3) is 1.81. The molecule has 1 rings (SSSR count). The summed E-state index contributed by atoms with van der Waals surface area (Å²) in [6.45, 7) is 1.13. The lowest BCUT2D eigenvalue weighted by Gasteiger charge is -2.12. The van der Waals surface area contributed by atoms with E-state index in [4.69, 9.17) is 10.4 Å². The van der Waals surface area contributed by atoms with Crippen molar-refractivity contribution in [2.24, 2.45) is 0 Å². The van der Waals surface area contributed by atoms with Crippen LogP contribution in [0.25, 0.3) is 0 Å². The average Bonchev–Trinajstić information content (AvgIpc) is 2.29. The molecule has 8 heteroatoms. The summed E-state index contributed by atoms with van der Waals surface area (Å²) in [5, 5.41) is 45.1. The zero-order valence-electron chi connectivity index (χ0n) is 8.46. The topological polar surface area (TPSA) is 145 Å². The molecule has 5 N–H and O–H groups in total. The Hall–Kier alpha value is -2.48. The standard InChI is InChI=1S/C9H8O8/c1-2-5(10)3(8(13)14)4(9(15)17-16)7(12)6(2)11/h10-12,16H,1H3,(H,13,14). The van der Waals surface area contributed by atoms with Crippen LogP contribution >= 0.6 is 0 Å². The van der Waals surface area contributed by atoms with Crippen molar-refractivity contribution in [3.8, 4) is 17.2 Å². The highest BCUT2D eigenvalue weighted by molar-refractivity contribution is 6.07. The molecule has 8 nitrogen and oxygen atoms in total. The third-order valence-electron chi connectivity index (χ3n) is 2.16. The van der Waals surface area contributed by atoms with Crippen LogP contribution in [0.1, 0.15) is 26.3 Å². The molecule has 1 aromatic rings. The van der Waals surface area contributed by atoms with E-state index in [-0.39, 0.29) is 5.56 Å². The Bertz CT molecular complexity index is 504. The first kappa shape index (κ1) is 12.6. The van der Waals surface area contributed by atoms with Crippen molar-refractivity contribution in [1.29, 1.82) is 0 Å². The maximum Gasteiger partial charge on any atom is 0.377 e. The van der Waals surface area contributed by atoms with Crippen LogP contribution in [0.15, 0.2) is 0 Å². The number of phenolic OH excluding ortho intramolecular Hbond substituents is 2. The van der Waals surface area contributed by atoms with Crippen LogP contribution in [-0.4, -0.2) is 37.6 Å². The summed E-state index contributed by atoms with van der Waals surface area (Å²) in [6.07, 6.45) is 0. The monoisotopic (exact) mass is 244 g/mol. The predicted octanol–water partition coefficient (Wildman–Crippen LogP) is 0.440. The summed E-state index contributed by atoms with van der Waals surface area (Å²) >= 11 is 0. The molecule has 0 unspecified atom stereocenters. The van der Waals surface area contributed by atoms with Crippen molar-refractivity contribution < 1.29 is 40.2 Å². The fourth-order valence-electron chi connectivity index (χ4n) is 1.29. The molecule has 17 heavy (non-hydrogen) atoms. The fraction of sp³-hybridized carbons (Fsp3) is 0.111. The van der Waals surface area contributed by atoms with E-state index in [1.807, 2.05) is 0 Å². The van der Waals surface area contributed by atoms with E-state index >= 15 is 0 Å². The van der Waals surface area contributed by atoms with Gasteiger partial charge in [0, 0.05) is 5.56 Å². The molecule has 0 radical (unpaired) electrons. The summed E-state index contributed by atoms with van der Waals surface area (Å²) in [7, 11) is 0. The minimum atomic E-state index is -1.73. The van der Waals surface area contributed by atoms with Crippen molar-refractivity contribution in [3.63, 3.8) is 0 Å². The van der Waals surface area contributed by atoms with Crippen molar-refractivity contribution in [2.45, 2.75) is 6.92 Å². The molecule has 0 aliphatic heterocycles. The largest absolute Gasteiger partial charge is 0.507 e. The van der Waals surface area contributed by atoms with Gasteiger partial charge in [0.15, 0.2) is 11.5 Å². The molecular formula is C9H8O8. The van der Waals surface area contributed by atoms with Crippen LogP contribution in [0.3, 0.4) is 0 Å². The minimum Gasteiger partial charge on any atom is -0.507 e. The Kier molecular flexibility index (Phi) is 3.09. The lowest BCUT2D eigenvalue weighted by Crippen LogP contribution is -2.12. The highest BCUT2D eigenvalue weighted by Gasteiger charge is 2.31. The molecule has 0 saturated heterocycles. The van der Waals surface area contributed by atoms with E-state index in [1.165, 1.54) is 0 Å². The second kappa shape index (κ2) is 4.18. The smallest absolute Gasteiger partial charge is 0.377 e. The van der Waals surface area contributed by atoms with Gasteiger partial charge in [0.05, 0.1) is 0 Å². The van der Waals surface area contributed by atoms with Crippen molar-refractivity contribution in [2.75, 3.05) is 0 Å².